The Morgan fingerprint density at radius 1 is 0.938 bits per heavy atom. The van der Waals surface area contributed by atoms with Crippen molar-refractivity contribution >= 4 is 0 Å². The molecule has 2 aliphatic rings. The van der Waals surface area contributed by atoms with Crippen LogP contribution in [-0.4, -0.2) is 51.8 Å². The van der Waals surface area contributed by atoms with Crippen LogP contribution in [0.1, 0.15) is 19.8 Å². The van der Waals surface area contributed by atoms with E-state index >= 15 is 0 Å². The molecule has 0 aromatic rings. The molecule has 0 amide bonds. The van der Waals surface area contributed by atoms with Crippen LogP contribution >= 0.6 is 0 Å². The third-order valence-electron chi connectivity index (χ3n) is 3.12. The van der Waals surface area contributed by atoms with Crippen molar-refractivity contribution in [3.05, 3.63) is 0 Å². The Morgan fingerprint density at radius 3 is 2.25 bits per heavy atom. The molecule has 1 heterocycles. The molecule has 2 atom stereocenters. The van der Waals surface area contributed by atoms with Crippen LogP contribution in [0.25, 0.3) is 0 Å². The summed E-state index contributed by atoms with van der Waals surface area (Å²) in [6.07, 6.45) is 3.51. The fraction of sp³-hybridized carbons (Fsp3) is 1.00. The molecule has 16 heavy (non-hydrogen) atoms. The Labute approximate surface area is 97.2 Å². The van der Waals surface area contributed by atoms with Crippen LogP contribution in [0.2, 0.25) is 0 Å². The molecular weight excluding hydrogens is 208 g/mol. The van der Waals surface area contributed by atoms with Crippen molar-refractivity contribution in [2.45, 2.75) is 32.0 Å². The highest BCUT2D eigenvalue weighted by Crippen LogP contribution is 2.42. The summed E-state index contributed by atoms with van der Waals surface area (Å²) in [5.41, 5.74) is 0. The molecule has 0 N–H and O–H groups in total. The highest BCUT2D eigenvalue weighted by Gasteiger charge is 2.47. The van der Waals surface area contributed by atoms with Crippen LogP contribution in [-0.2, 0) is 18.9 Å². The zero-order chi connectivity index (χ0) is 11.2. The average Bonchev–Trinajstić information content (AvgIpc) is 2.90. The Balaban J connectivity index is 1.33. The predicted molar refractivity (Wildman–Crippen MR) is 59.5 cm³/mol. The number of rotatable bonds is 9. The van der Waals surface area contributed by atoms with E-state index in [9.17, 15) is 0 Å². The molecule has 0 aromatic carbocycles. The molecule has 1 aliphatic carbocycles. The van der Waals surface area contributed by atoms with Gasteiger partial charge in [-0.2, -0.15) is 0 Å². The summed E-state index contributed by atoms with van der Waals surface area (Å²) < 4.78 is 21.5. The molecule has 2 rings (SSSR count). The van der Waals surface area contributed by atoms with Crippen LogP contribution in [0.15, 0.2) is 0 Å². The van der Waals surface area contributed by atoms with Crippen LogP contribution in [0.3, 0.4) is 0 Å². The number of fused-ring (bicyclic) bond motifs is 1. The molecule has 2 fully saturated rings. The first kappa shape index (κ1) is 12.3. The molecule has 0 radical (unpaired) electrons. The number of ether oxygens (including phenoxy) is 4. The van der Waals surface area contributed by atoms with Gasteiger partial charge in [0.05, 0.1) is 38.6 Å². The third kappa shape index (κ3) is 4.01. The lowest BCUT2D eigenvalue weighted by Gasteiger charge is -2.11. The maximum absolute atomic E-state index is 5.57. The van der Waals surface area contributed by atoms with Crippen molar-refractivity contribution in [1.29, 1.82) is 0 Å². The van der Waals surface area contributed by atoms with Crippen LogP contribution in [0.5, 0.6) is 0 Å². The topological polar surface area (TPSA) is 40.2 Å². The first-order valence-corrected chi connectivity index (χ1v) is 6.29. The zero-order valence-corrected chi connectivity index (χ0v) is 10.0. The van der Waals surface area contributed by atoms with Gasteiger partial charge in [0, 0.05) is 13.2 Å². The van der Waals surface area contributed by atoms with Gasteiger partial charge in [-0.1, -0.05) is 0 Å². The second-order valence-electron chi connectivity index (χ2n) is 4.43. The Kier molecular flexibility index (Phi) is 5.03. The van der Waals surface area contributed by atoms with Crippen molar-refractivity contribution in [1.82, 2.24) is 0 Å². The average molecular weight is 230 g/mol. The summed E-state index contributed by atoms with van der Waals surface area (Å²) >= 11 is 0. The molecule has 2 unspecified atom stereocenters. The van der Waals surface area contributed by atoms with Gasteiger partial charge in [0.25, 0.3) is 0 Å². The minimum Gasteiger partial charge on any atom is -0.379 e. The van der Waals surface area contributed by atoms with E-state index in [0.29, 0.717) is 44.6 Å². The number of hydrogen-bond acceptors (Lipinski definition) is 4. The normalized spacial score (nSPS) is 31.7. The standard InChI is InChI=1S/C12H22O4/c1-2-13-3-4-14-5-6-15-9-10-7-11-12(8-10)16-11/h10-12H,2-9H2,1H3. The van der Waals surface area contributed by atoms with Crippen LogP contribution in [0, 0.1) is 5.92 Å². The van der Waals surface area contributed by atoms with Gasteiger partial charge < -0.3 is 18.9 Å². The second kappa shape index (κ2) is 6.55. The fourth-order valence-corrected chi connectivity index (χ4v) is 2.22. The second-order valence-corrected chi connectivity index (χ2v) is 4.43. The summed E-state index contributed by atoms with van der Waals surface area (Å²) in [4.78, 5) is 0. The Hall–Kier alpha value is -0.160. The first-order valence-electron chi connectivity index (χ1n) is 6.29. The molecular formula is C12H22O4. The lowest BCUT2D eigenvalue weighted by Crippen LogP contribution is -2.13. The number of hydrogen-bond donors (Lipinski definition) is 0. The quantitative estimate of drug-likeness (QED) is 0.441. The van der Waals surface area contributed by atoms with Crippen molar-refractivity contribution < 1.29 is 18.9 Å². The lowest BCUT2D eigenvalue weighted by atomic mass is 10.1. The highest BCUT2D eigenvalue weighted by atomic mass is 16.6. The van der Waals surface area contributed by atoms with Crippen molar-refractivity contribution in [2.75, 3.05) is 39.6 Å². The van der Waals surface area contributed by atoms with E-state index in [2.05, 4.69) is 0 Å². The van der Waals surface area contributed by atoms with Gasteiger partial charge in [-0.3, -0.25) is 0 Å². The fourth-order valence-electron chi connectivity index (χ4n) is 2.22. The van der Waals surface area contributed by atoms with Gasteiger partial charge in [-0.15, -0.1) is 0 Å². The molecule has 4 nitrogen and oxygen atoms in total. The van der Waals surface area contributed by atoms with Crippen molar-refractivity contribution in [2.24, 2.45) is 5.92 Å². The van der Waals surface area contributed by atoms with Crippen LogP contribution < -0.4 is 0 Å². The minimum absolute atomic E-state index is 0.566. The molecule has 0 aromatic heterocycles. The Morgan fingerprint density at radius 2 is 1.56 bits per heavy atom. The summed E-state index contributed by atoms with van der Waals surface area (Å²) in [6, 6.07) is 0. The van der Waals surface area contributed by atoms with Crippen molar-refractivity contribution in [3.8, 4) is 0 Å². The molecule has 0 bridgehead atoms. The van der Waals surface area contributed by atoms with Gasteiger partial charge in [0.15, 0.2) is 0 Å². The maximum atomic E-state index is 5.57. The van der Waals surface area contributed by atoms with E-state index in [1.165, 1.54) is 12.8 Å². The smallest absolute Gasteiger partial charge is 0.0845 e. The van der Waals surface area contributed by atoms with E-state index in [4.69, 9.17) is 18.9 Å². The van der Waals surface area contributed by atoms with E-state index in [0.717, 1.165) is 13.2 Å². The zero-order valence-electron chi connectivity index (χ0n) is 10.0. The summed E-state index contributed by atoms with van der Waals surface area (Å²) in [5, 5.41) is 0. The van der Waals surface area contributed by atoms with E-state index in [1.807, 2.05) is 6.92 Å². The molecule has 1 saturated heterocycles. The van der Waals surface area contributed by atoms with Crippen molar-refractivity contribution in [3.63, 3.8) is 0 Å². The molecule has 1 saturated carbocycles. The van der Waals surface area contributed by atoms with E-state index in [-0.39, 0.29) is 0 Å². The van der Waals surface area contributed by atoms with Gasteiger partial charge in [-0.25, -0.2) is 0 Å². The van der Waals surface area contributed by atoms with E-state index in [1.54, 1.807) is 0 Å². The Bertz CT molecular complexity index is 187. The SMILES string of the molecule is CCOCCOCCOCC1CC2OC2C1. The summed E-state index contributed by atoms with van der Waals surface area (Å²) in [5.74, 6) is 0.715. The summed E-state index contributed by atoms with van der Waals surface area (Å²) in [7, 11) is 0. The monoisotopic (exact) mass is 230 g/mol. The molecule has 4 heteroatoms. The minimum atomic E-state index is 0.566. The lowest BCUT2D eigenvalue weighted by molar-refractivity contribution is 0.00700. The maximum Gasteiger partial charge on any atom is 0.0845 e. The van der Waals surface area contributed by atoms with Gasteiger partial charge in [-0.05, 0) is 25.7 Å². The molecule has 1 aliphatic heterocycles. The van der Waals surface area contributed by atoms with Gasteiger partial charge in [0.1, 0.15) is 0 Å². The largest absolute Gasteiger partial charge is 0.379 e. The van der Waals surface area contributed by atoms with Gasteiger partial charge >= 0.3 is 0 Å². The third-order valence-corrected chi connectivity index (χ3v) is 3.12. The van der Waals surface area contributed by atoms with Crippen LogP contribution in [0.4, 0.5) is 0 Å². The van der Waals surface area contributed by atoms with Gasteiger partial charge in [0.2, 0.25) is 0 Å². The summed E-state index contributed by atoms with van der Waals surface area (Å²) in [6.45, 7) is 6.32. The highest BCUT2D eigenvalue weighted by molar-refractivity contribution is 4.95. The number of epoxide rings is 1. The molecule has 0 spiro atoms. The predicted octanol–water partition coefficient (Wildman–Crippen LogP) is 1.23. The van der Waals surface area contributed by atoms with E-state index < -0.39 is 0 Å². The first-order chi connectivity index (χ1) is 7.90. The molecule has 94 valence electrons.